The Balaban J connectivity index is 3.86. The second kappa shape index (κ2) is 6.15. The van der Waals surface area contributed by atoms with Crippen molar-refractivity contribution in [2.45, 2.75) is 12.8 Å². The molecular weight excluding hydrogens is 138 g/mol. The second-order valence-electron chi connectivity index (χ2n) is 1.81. The topological polar surface area (TPSA) is 71.4 Å². The van der Waals surface area contributed by atoms with E-state index in [9.17, 15) is 0 Å². The van der Waals surface area contributed by atoms with Crippen molar-refractivity contribution in [1.82, 2.24) is 0 Å². The van der Waals surface area contributed by atoms with Crippen LogP contribution in [0.25, 0.3) is 0 Å². The quantitative estimate of drug-likeness (QED) is 0.540. The molecule has 0 aromatic carbocycles. The molecule has 0 saturated carbocycles. The highest BCUT2D eigenvalue weighted by atomic mass is 14.3. The summed E-state index contributed by atoms with van der Waals surface area (Å²) in [5.74, 6) is 4.29. The maximum Gasteiger partial charge on any atom is 0.152 e. The Hall–Kier alpha value is -1.97. The SMILES string of the molecule is N#CC#CCC(C#N)CC#N. The van der Waals surface area contributed by atoms with Crippen molar-refractivity contribution < 1.29 is 0 Å². The molecule has 0 heterocycles. The lowest BCUT2D eigenvalue weighted by molar-refractivity contribution is 0.709. The minimum Gasteiger partial charge on any atom is -0.198 e. The van der Waals surface area contributed by atoms with E-state index in [1.807, 2.05) is 12.1 Å². The molecule has 0 aliphatic carbocycles. The summed E-state index contributed by atoms with van der Waals surface area (Å²) in [5.41, 5.74) is 0. The third kappa shape index (κ3) is 4.53. The van der Waals surface area contributed by atoms with Crippen LogP contribution in [-0.2, 0) is 0 Å². The van der Waals surface area contributed by atoms with Gasteiger partial charge < -0.3 is 0 Å². The van der Waals surface area contributed by atoms with Crippen molar-refractivity contribution in [3.05, 3.63) is 0 Å². The number of rotatable bonds is 2. The van der Waals surface area contributed by atoms with E-state index in [1.54, 1.807) is 6.07 Å². The van der Waals surface area contributed by atoms with Crippen molar-refractivity contribution in [2.75, 3.05) is 0 Å². The first-order chi connectivity index (χ1) is 5.35. The lowest BCUT2D eigenvalue weighted by Gasteiger charge is -1.93. The molecule has 0 saturated heterocycles. The molecule has 11 heavy (non-hydrogen) atoms. The molecule has 0 radical (unpaired) electrons. The molecule has 0 bridgehead atoms. The highest BCUT2D eigenvalue weighted by Crippen LogP contribution is 2.03. The zero-order chi connectivity index (χ0) is 8.53. The largest absolute Gasteiger partial charge is 0.198 e. The van der Waals surface area contributed by atoms with Crippen molar-refractivity contribution in [3.63, 3.8) is 0 Å². The van der Waals surface area contributed by atoms with E-state index < -0.39 is 0 Å². The smallest absolute Gasteiger partial charge is 0.152 e. The molecule has 0 rings (SSSR count). The van der Waals surface area contributed by atoms with E-state index in [2.05, 4.69) is 11.8 Å². The van der Waals surface area contributed by atoms with Gasteiger partial charge in [0.2, 0.25) is 0 Å². The van der Waals surface area contributed by atoms with Gasteiger partial charge in [0.1, 0.15) is 0 Å². The standard InChI is InChI=1S/C8H5N3/c9-5-2-1-3-8(7-11)4-6-10/h8H,3-4H2. The number of hydrogen-bond acceptors (Lipinski definition) is 3. The zero-order valence-electron chi connectivity index (χ0n) is 5.83. The Morgan fingerprint density at radius 1 is 1.09 bits per heavy atom. The van der Waals surface area contributed by atoms with E-state index in [0.717, 1.165) is 0 Å². The maximum absolute atomic E-state index is 8.40. The van der Waals surface area contributed by atoms with Crippen molar-refractivity contribution in [1.29, 1.82) is 15.8 Å². The van der Waals surface area contributed by atoms with Crippen LogP contribution in [-0.4, -0.2) is 0 Å². The molecule has 1 unspecified atom stereocenters. The Labute approximate surface area is 65.5 Å². The van der Waals surface area contributed by atoms with Crippen LogP contribution >= 0.6 is 0 Å². The van der Waals surface area contributed by atoms with Gasteiger partial charge in [-0.2, -0.15) is 15.8 Å². The lowest BCUT2D eigenvalue weighted by Crippen LogP contribution is -1.92. The Morgan fingerprint density at radius 2 is 1.82 bits per heavy atom. The van der Waals surface area contributed by atoms with Crippen LogP contribution in [0.4, 0.5) is 0 Å². The van der Waals surface area contributed by atoms with E-state index in [-0.39, 0.29) is 12.3 Å². The predicted octanol–water partition coefficient (Wildman–Crippen LogP) is 0.957. The van der Waals surface area contributed by atoms with Crippen LogP contribution in [0.1, 0.15) is 12.8 Å². The third-order valence-corrected chi connectivity index (χ3v) is 1.01. The first kappa shape index (κ1) is 9.03. The molecular formula is C8H5N3. The fourth-order valence-electron chi connectivity index (χ4n) is 0.487. The molecule has 0 aliphatic rings. The molecule has 0 fully saturated rings. The van der Waals surface area contributed by atoms with Crippen LogP contribution in [0.3, 0.4) is 0 Å². The summed E-state index contributed by atoms with van der Waals surface area (Å²) >= 11 is 0. The lowest BCUT2D eigenvalue weighted by atomic mass is 10.1. The minimum atomic E-state index is -0.360. The normalized spacial score (nSPS) is 9.18. The number of nitriles is 3. The fourth-order valence-corrected chi connectivity index (χ4v) is 0.487. The monoisotopic (exact) mass is 143 g/mol. The molecule has 3 nitrogen and oxygen atoms in total. The first-order valence-electron chi connectivity index (χ1n) is 2.98. The van der Waals surface area contributed by atoms with Gasteiger partial charge in [-0.15, -0.1) is 0 Å². The average molecular weight is 143 g/mol. The van der Waals surface area contributed by atoms with Gasteiger partial charge in [-0.3, -0.25) is 0 Å². The van der Waals surface area contributed by atoms with Gasteiger partial charge in [0.05, 0.1) is 24.5 Å². The molecule has 0 aromatic rings. The molecule has 1 atom stereocenters. The summed E-state index contributed by atoms with van der Waals surface area (Å²) in [7, 11) is 0. The van der Waals surface area contributed by atoms with E-state index in [4.69, 9.17) is 15.8 Å². The van der Waals surface area contributed by atoms with Gasteiger partial charge in [-0.25, -0.2) is 0 Å². The molecule has 0 aliphatic heterocycles. The molecule has 0 amide bonds. The van der Waals surface area contributed by atoms with Gasteiger partial charge >= 0.3 is 0 Å². The highest BCUT2D eigenvalue weighted by molar-refractivity contribution is 5.17. The summed E-state index contributed by atoms with van der Waals surface area (Å²) in [5, 5.41) is 24.6. The predicted molar refractivity (Wildman–Crippen MR) is 37.3 cm³/mol. The zero-order valence-corrected chi connectivity index (χ0v) is 5.83. The molecule has 0 spiro atoms. The van der Waals surface area contributed by atoms with E-state index >= 15 is 0 Å². The van der Waals surface area contributed by atoms with Gasteiger partial charge in [0.15, 0.2) is 6.07 Å². The summed E-state index contributed by atoms with van der Waals surface area (Å²) < 4.78 is 0. The van der Waals surface area contributed by atoms with E-state index in [0.29, 0.717) is 6.42 Å². The van der Waals surface area contributed by atoms with Crippen LogP contribution in [0.5, 0.6) is 0 Å². The van der Waals surface area contributed by atoms with Crippen LogP contribution in [0.15, 0.2) is 0 Å². The fraction of sp³-hybridized carbons (Fsp3) is 0.375. The Morgan fingerprint density at radius 3 is 2.27 bits per heavy atom. The summed E-state index contributed by atoms with van der Waals surface area (Å²) in [6.45, 7) is 0. The molecule has 0 N–H and O–H groups in total. The average Bonchev–Trinajstić information content (AvgIpc) is 2.03. The highest BCUT2D eigenvalue weighted by Gasteiger charge is 2.02. The van der Waals surface area contributed by atoms with Gasteiger partial charge in [-0.05, 0) is 0 Å². The van der Waals surface area contributed by atoms with Gasteiger partial charge in [0.25, 0.3) is 0 Å². The van der Waals surface area contributed by atoms with Crippen LogP contribution < -0.4 is 0 Å². The van der Waals surface area contributed by atoms with Crippen LogP contribution in [0, 0.1) is 51.8 Å². The summed E-state index contributed by atoms with van der Waals surface area (Å²) in [4.78, 5) is 0. The minimum absolute atomic E-state index is 0.177. The first-order valence-corrected chi connectivity index (χ1v) is 2.98. The summed E-state index contributed by atoms with van der Waals surface area (Å²) in [6, 6.07) is 5.44. The molecule has 3 heteroatoms. The van der Waals surface area contributed by atoms with Crippen molar-refractivity contribution in [2.24, 2.45) is 5.92 Å². The Kier molecular flexibility index (Phi) is 5.05. The molecule has 52 valence electrons. The number of hydrogen-bond donors (Lipinski definition) is 0. The van der Waals surface area contributed by atoms with Crippen molar-refractivity contribution in [3.8, 4) is 30.0 Å². The van der Waals surface area contributed by atoms with Gasteiger partial charge in [-0.1, -0.05) is 5.92 Å². The maximum atomic E-state index is 8.40. The Bertz CT molecular complexity index is 287. The van der Waals surface area contributed by atoms with Crippen LogP contribution in [0.2, 0.25) is 0 Å². The van der Waals surface area contributed by atoms with Crippen molar-refractivity contribution >= 4 is 0 Å². The molecule has 0 aromatic heterocycles. The third-order valence-electron chi connectivity index (χ3n) is 1.01. The van der Waals surface area contributed by atoms with E-state index in [1.165, 1.54) is 0 Å². The summed E-state index contributed by atoms with van der Waals surface area (Å²) in [6.07, 6.45) is 0.480. The number of nitrogens with zero attached hydrogens (tertiary/aromatic N) is 3. The van der Waals surface area contributed by atoms with Gasteiger partial charge in [0, 0.05) is 12.3 Å². The second-order valence-corrected chi connectivity index (χ2v) is 1.81.